The number of primary amides is 1. The molecule has 0 aromatic carbocycles. The van der Waals surface area contributed by atoms with Crippen molar-refractivity contribution in [3.8, 4) is 0 Å². The molecule has 1 aliphatic rings. The third-order valence-electron chi connectivity index (χ3n) is 3.46. The maximum absolute atomic E-state index is 11.5. The molecule has 116 valence electrons. The van der Waals surface area contributed by atoms with Crippen molar-refractivity contribution in [1.82, 2.24) is 9.97 Å². The zero-order valence-electron chi connectivity index (χ0n) is 12.5. The molecule has 0 radical (unpaired) electrons. The molecule has 21 heavy (non-hydrogen) atoms. The summed E-state index contributed by atoms with van der Waals surface area (Å²) in [5, 5.41) is 16.0. The summed E-state index contributed by atoms with van der Waals surface area (Å²) in [5.74, 6) is 0.318. The number of anilines is 2. The Morgan fingerprint density at radius 1 is 1.48 bits per heavy atom. The van der Waals surface area contributed by atoms with Gasteiger partial charge in [0.1, 0.15) is 5.82 Å². The molecule has 7 heteroatoms. The molecular weight excluding hydrogens is 270 g/mol. The van der Waals surface area contributed by atoms with Gasteiger partial charge in [-0.25, -0.2) is 4.98 Å². The summed E-state index contributed by atoms with van der Waals surface area (Å²) in [5.41, 5.74) is 5.64. The van der Waals surface area contributed by atoms with Gasteiger partial charge in [-0.05, 0) is 39.5 Å². The van der Waals surface area contributed by atoms with E-state index in [1.807, 2.05) is 13.8 Å². The van der Waals surface area contributed by atoms with E-state index in [4.69, 9.17) is 5.73 Å². The number of aliphatic hydroxyl groups excluding tert-OH is 1. The van der Waals surface area contributed by atoms with Crippen molar-refractivity contribution in [1.29, 1.82) is 0 Å². The van der Waals surface area contributed by atoms with Gasteiger partial charge in [-0.2, -0.15) is 4.98 Å². The Hall–Kier alpha value is -1.89. The van der Waals surface area contributed by atoms with Crippen LogP contribution < -0.4 is 16.4 Å². The van der Waals surface area contributed by atoms with E-state index in [1.165, 1.54) is 6.20 Å². The molecule has 2 rings (SSSR count). The third kappa shape index (κ3) is 4.29. The largest absolute Gasteiger partial charge is 0.393 e. The van der Waals surface area contributed by atoms with Crippen molar-refractivity contribution in [2.45, 2.75) is 57.7 Å². The van der Waals surface area contributed by atoms with Crippen molar-refractivity contribution < 1.29 is 9.90 Å². The summed E-state index contributed by atoms with van der Waals surface area (Å²) in [6.07, 6.45) is 4.49. The van der Waals surface area contributed by atoms with E-state index >= 15 is 0 Å². The predicted molar refractivity (Wildman–Crippen MR) is 81.2 cm³/mol. The molecular formula is C14H23N5O2. The lowest BCUT2D eigenvalue weighted by atomic mass is 9.93. The van der Waals surface area contributed by atoms with Gasteiger partial charge in [0.2, 0.25) is 5.95 Å². The van der Waals surface area contributed by atoms with Crippen LogP contribution in [-0.2, 0) is 0 Å². The zero-order chi connectivity index (χ0) is 15.4. The Morgan fingerprint density at radius 2 is 2.24 bits per heavy atom. The average molecular weight is 293 g/mol. The first kappa shape index (κ1) is 15.5. The van der Waals surface area contributed by atoms with Crippen LogP contribution in [-0.4, -0.2) is 39.2 Å². The van der Waals surface area contributed by atoms with Crippen LogP contribution in [0.5, 0.6) is 0 Å². The number of carbonyl (C=O) groups excluding carboxylic acids is 1. The predicted octanol–water partition coefficient (Wildman–Crippen LogP) is 1.11. The first-order valence-corrected chi connectivity index (χ1v) is 7.33. The van der Waals surface area contributed by atoms with E-state index in [9.17, 15) is 9.90 Å². The van der Waals surface area contributed by atoms with Gasteiger partial charge in [0.05, 0.1) is 11.7 Å². The molecule has 1 amide bonds. The van der Waals surface area contributed by atoms with E-state index in [0.717, 1.165) is 19.3 Å². The van der Waals surface area contributed by atoms with Gasteiger partial charge in [-0.1, -0.05) is 0 Å². The summed E-state index contributed by atoms with van der Waals surface area (Å²) < 4.78 is 0. The minimum absolute atomic E-state index is 0.0913. The van der Waals surface area contributed by atoms with Gasteiger partial charge < -0.3 is 21.5 Å². The SMILES string of the molecule is CC(C)Nc1ncc(C(N)=O)c(NC2CCC[C@H](O)C2)n1. The summed E-state index contributed by atoms with van der Waals surface area (Å²) in [7, 11) is 0. The molecule has 1 unspecified atom stereocenters. The maximum Gasteiger partial charge on any atom is 0.254 e. The highest BCUT2D eigenvalue weighted by Crippen LogP contribution is 2.23. The minimum atomic E-state index is -0.565. The molecule has 1 aliphatic carbocycles. The van der Waals surface area contributed by atoms with Crippen molar-refractivity contribution in [2.75, 3.05) is 10.6 Å². The van der Waals surface area contributed by atoms with E-state index in [1.54, 1.807) is 0 Å². The maximum atomic E-state index is 11.5. The summed E-state index contributed by atoms with van der Waals surface area (Å²) in [6.45, 7) is 3.96. The van der Waals surface area contributed by atoms with Crippen LogP contribution in [0.25, 0.3) is 0 Å². The van der Waals surface area contributed by atoms with Gasteiger partial charge in [-0.15, -0.1) is 0 Å². The standard InChI is InChI=1S/C14H23N5O2/c1-8(2)17-14-16-7-11(12(15)21)13(19-14)18-9-4-3-5-10(20)6-9/h7-10,20H,3-6H2,1-2H3,(H2,15,21)(H2,16,17,18,19)/t9?,10-/m0/s1. The van der Waals surface area contributed by atoms with Crippen molar-refractivity contribution >= 4 is 17.7 Å². The lowest BCUT2D eigenvalue weighted by Gasteiger charge is -2.27. The fourth-order valence-electron chi connectivity index (χ4n) is 2.49. The highest BCUT2D eigenvalue weighted by molar-refractivity contribution is 5.97. The number of nitrogens with one attached hydrogen (secondary N) is 2. The van der Waals surface area contributed by atoms with Crippen molar-refractivity contribution in [2.24, 2.45) is 5.73 Å². The Balaban J connectivity index is 2.19. The molecule has 1 fully saturated rings. The van der Waals surface area contributed by atoms with Crippen molar-refractivity contribution in [3.63, 3.8) is 0 Å². The number of nitrogens with zero attached hydrogens (tertiary/aromatic N) is 2. The highest BCUT2D eigenvalue weighted by Gasteiger charge is 2.22. The number of rotatable bonds is 5. The molecule has 0 bridgehead atoms. The number of hydrogen-bond acceptors (Lipinski definition) is 6. The molecule has 7 nitrogen and oxygen atoms in total. The number of carbonyl (C=O) groups is 1. The Kier molecular flexibility index (Phi) is 4.95. The van der Waals surface area contributed by atoms with Crippen LogP contribution in [0.2, 0.25) is 0 Å². The van der Waals surface area contributed by atoms with Gasteiger partial charge in [0.15, 0.2) is 0 Å². The van der Waals surface area contributed by atoms with E-state index < -0.39 is 5.91 Å². The quantitative estimate of drug-likeness (QED) is 0.647. The zero-order valence-corrected chi connectivity index (χ0v) is 12.5. The molecule has 0 saturated heterocycles. The lowest BCUT2D eigenvalue weighted by molar-refractivity contribution is 0.100. The van der Waals surface area contributed by atoms with Gasteiger partial charge in [0.25, 0.3) is 5.91 Å². The number of amides is 1. The number of nitrogens with two attached hydrogens (primary N) is 1. The van der Waals surface area contributed by atoms with Gasteiger partial charge >= 0.3 is 0 Å². The molecule has 1 aromatic heterocycles. The van der Waals surface area contributed by atoms with E-state index in [2.05, 4.69) is 20.6 Å². The normalized spacial score (nSPS) is 22.1. The van der Waals surface area contributed by atoms with Crippen LogP contribution in [0, 0.1) is 0 Å². The number of aliphatic hydroxyl groups is 1. The topological polar surface area (TPSA) is 113 Å². The molecule has 0 spiro atoms. The van der Waals surface area contributed by atoms with E-state index in [-0.39, 0.29) is 23.8 Å². The number of hydrogen-bond donors (Lipinski definition) is 4. The molecule has 1 aromatic rings. The molecule has 0 aliphatic heterocycles. The van der Waals surface area contributed by atoms with Crippen LogP contribution in [0.15, 0.2) is 6.20 Å². The first-order valence-electron chi connectivity index (χ1n) is 7.33. The Bertz CT molecular complexity index is 506. The summed E-state index contributed by atoms with van der Waals surface area (Å²) >= 11 is 0. The summed E-state index contributed by atoms with van der Waals surface area (Å²) in [6, 6.07) is 0.280. The van der Waals surface area contributed by atoms with Gasteiger partial charge in [0, 0.05) is 18.3 Å². The van der Waals surface area contributed by atoms with Crippen LogP contribution in [0.3, 0.4) is 0 Å². The molecule has 1 saturated carbocycles. The van der Waals surface area contributed by atoms with Crippen LogP contribution in [0.1, 0.15) is 49.9 Å². The Labute approximate surface area is 124 Å². The lowest BCUT2D eigenvalue weighted by Crippen LogP contribution is -2.31. The second kappa shape index (κ2) is 6.71. The molecule has 5 N–H and O–H groups in total. The average Bonchev–Trinajstić information content (AvgIpc) is 2.37. The van der Waals surface area contributed by atoms with Crippen LogP contribution >= 0.6 is 0 Å². The fourth-order valence-corrected chi connectivity index (χ4v) is 2.49. The fraction of sp³-hybridized carbons (Fsp3) is 0.643. The Morgan fingerprint density at radius 3 is 2.86 bits per heavy atom. The second-order valence-electron chi connectivity index (χ2n) is 5.78. The molecule has 1 heterocycles. The summed E-state index contributed by atoms with van der Waals surface area (Å²) in [4.78, 5) is 19.9. The highest BCUT2D eigenvalue weighted by atomic mass is 16.3. The number of aromatic nitrogens is 2. The monoisotopic (exact) mass is 293 g/mol. The van der Waals surface area contributed by atoms with Crippen LogP contribution in [0.4, 0.5) is 11.8 Å². The smallest absolute Gasteiger partial charge is 0.254 e. The van der Waals surface area contributed by atoms with Gasteiger partial charge in [-0.3, -0.25) is 4.79 Å². The van der Waals surface area contributed by atoms with E-state index in [0.29, 0.717) is 18.2 Å². The first-order chi connectivity index (χ1) is 9.95. The minimum Gasteiger partial charge on any atom is -0.393 e. The molecule has 2 atom stereocenters. The second-order valence-corrected chi connectivity index (χ2v) is 5.78. The van der Waals surface area contributed by atoms with Crippen molar-refractivity contribution in [3.05, 3.63) is 11.8 Å². The third-order valence-corrected chi connectivity index (χ3v) is 3.46.